The Labute approximate surface area is 250 Å². The Morgan fingerprint density at radius 2 is 1.33 bits per heavy atom. The predicted octanol–water partition coefficient (Wildman–Crippen LogP) is 8.59. The molecule has 3 heterocycles. The third kappa shape index (κ3) is 4.35. The number of aliphatic imine (C=N–C) groups is 1. The van der Waals surface area contributed by atoms with Crippen LogP contribution in [0.25, 0.3) is 5.69 Å². The van der Waals surface area contributed by atoms with Gasteiger partial charge in [-0.05, 0) is 66.6 Å². The number of hydrogen-bond acceptors (Lipinski definition) is 5. The van der Waals surface area contributed by atoms with Crippen molar-refractivity contribution in [2.75, 3.05) is 9.80 Å². The number of anilines is 2. The van der Waals surface area contributed by atoms with Crippen LogP contribution in [0.2, 0.25) is 0 Å². The van der Waals surface area contributed by atoms with E-state index >= 15 is 0 Å². The van der Waals surface area contributed by atoms with E-state index in [0.29, 0.717) is 6.54 Å². The molecule has 6 aromatic rings. The van der Waals surface area contributed by atoms with E-state index in [0.717, 1.165) is 57.2 Å². The fourth-order valence-electron chi connectivity index (χ4n) is 6.15. The summed E-state index contributed by atoms with van der Waals surface area (Å²) >= 11 is 0. The highest BCUT2D eigenvalue weighted by Crippen LogP contribution is 2.51. The molecule has 1 aromatic heterocycles. The number of rotatable bonds is 6. The maximum absolute atomic E-state index is 6.30. The summed E-state index contributed by atoms with van der Waals surface area (Å²) in [6.45, 7) is 2.78. The number of nitrogens with zero attached hydrogens (tertiary/aromatic N) is 5. The van der Waals surface area contributed by atoms with E-state index in [1.807, 2.05) is 59.3 Å². The van der Waals surface area contributed by atoms with Crippen LogP contribution in [0.15, 0.2) is 145 Å². The number of guanidine groups is 1. The first-order valence-corrected chi connectivity index (χ1v) is 14.5. The van der Waals surface area contributed by atoms with Crippen LogP contribution in [-0.2, 0) is 6.54 Å². The molecule has 43 heavy (non-hydrogen) atoms. The molecule has 8 rings (SSSR count). The predicted molar refractivity (Wildman–Crippen MR) is 172 cm³/mol. The molecular formula is C37H29N5O. The average Bonchev–Trinajstić information content (AvgIpc) is 3.56. The summed E-state index contributed by atoms with van der Waals surface area (Å²) in [5.41, 5.74) is 7.59. The average molecular weight is 560 g/mol. The van der Waals surface area contributed by atoms with Gasteiger partial charge in [-0.2, -0.15) is 10.1 Å². The van der Waals surface area contributed by atoms with Gasteiger partial charge in [0.1, 0.15) is 11.5 Å². The van der Waals surface area contributed by atoms with E-state index in [2.05, 4.69) is 102 Å². The zero-order valence-corrected chi connectivity index (χ0v) is 23.7. The number of aromatic nitrogens is 2. The summed E-state index contributed by atoms with van der Waals surface area (Å²) in [5, 5.41) is 5.05. The van der Waals surface area contributed by atoms with E-state index in [9.17, 15) is 0 Å². The number of fused-ring (bicyclic) bond motifs is 4. The van der Waals surface area contributed by atoms with Gasteiger partial charge >= 0.3 is 0 Å². The molecule has 0 spiro atoms. The zero-order valence-electron chi connectivity index (χ0n) is 23.7. The van der Waals surface area contributed by atoms with Crippen molar-refractivity contribution in [2.24, 2.45) is 4.99 Å². The van der Waals surface area contributed by atoms with Crippen molar-refractivity contribution in [3.05, 3.63) is 162 Å². The van der Waals surface area contributed by atoms with Crippen LogP contribution >= 0.6 is 0 Å². The first kappa shape index (κ1) is 25.1. The Hall–Kier alpha value is -5.62. The molecule has 6 heteroatoms. The SMILES string of the molecule is Cc1nn(-c2ccccc2)c2c1[C@H](c1cccc(Oc3ccccc3)c1)N1C(=N2)N(Cc2ccccc2)c2ccccc21. The lowest BCUT2D eigenvalue weighted by Crippen LogP contribution is -2.42. The molecule has 1 atom stereocenters. The molecule has 6 nitrogen and oxygen atoms in total. The maximum Gasteiger partial charge on any atom is 0.213 e. The van der Waals surface area contributed by atoms with Gasteiger partial charge in [0.05, 0.1) is 35.3 Å². The fourth-order valence-corrected chi connectivity index (χ4v) is 6.15. The van der Waals surface area contributed by atoms with Crippen molar-refractivity contribution >= 4 is 23.2 Å². The Kier molecular flexibility index (Phi) is 6.04. The molecule has 0 saturated carbocycles. The highest BCUT2D eigenvalue weighted by atomic mass is 16.5. The summed E-state index contributed by atoms with van der Waals surface area (Å²) in [6.07, 6.45) is 0. The largest absolute Gasteiger partial charge is 0.457 e. The molecule has 0 amide bonds. The lowest BCUT2D eigenvalue weighted by molar-refractivity contribution is 0.481. The van der Waals surface area contributed by atoms with Crippen molar-refractivity contribution in [1.82, 2.24) is 9.78 Å². The second-order valence-electron chi connectivity index (χ2n) is 10.8. The number of para-hydroxylation sites is 4. The Morgan fingerprint density at radius 3 is 2.09 bits per heavy atom. The van der Waals surface area contributed by atoms with Crippen LogP contribution in [-0.4, -0.2) is 15.7 Å². The van der Waals surface area contributed by atoms with Crippen LogP contribution in [0.1, 0.15) is 28.4 Å². The van der Waals surface area contributed by atoms with Gasteiger partial charge in [0, 0.05) is 5.56 Å². The monoisotopic (exact) mass is 559 g/mol. The molecule has 0 fully saturated rings. The van der Waals surface area contributed by atoms with Gasteiger partial charge in [0.15, 0.2) is 5.82 Å². The first-order chi connectivity index (χ1) is 21.2. The lowest BCUT2D eigenvalue weighted by Gasteiger charge is -2.35. The quantitative estimate of drug-likeness (QED) is 0.205. The molecule has 5 aromatic carbocycles. The smallest absolute Gasteiger partial charge is 0.213 e. The highest BCUT2D eigenvalue weighted by Gasteiger charge is 2.44. The molecule has 2 aliphatic heterocycles. The minimum Gasteiger partial charge on any atom is -0.457 e. The van der Waals surface area contributed by atoms with E-state index in [1.165, 1.54) is 5.56 Å². The van der Waals surface area contributed by atoms with Crippen LogP contribution < -0.4 is 14.5 Å². The number of benzene rings is 5. The molecule has 0 radical (unpaired) electrons. The van der Waals surface area contributed by atoms with Crippen molar-refractivity contribution in [1.29, 1.82) is 0 Å². The first-order valence-electron chi connectivity index (χ1n) is 14.5. The van der Waals surface area contributed by atoms with Crippen LogP contribution in [0.5, 0.6) is 11.5 Å². The number of aryl methyl sites for hydroxylation is 1. The molecule has 0 bridgehead atoms. The van der Waals surface area contributed by atoms with Gasteiger partial charge in [-0.15, -0.1) is 0 Å². The minimum atomic E-state index is -0.166. The van der Waals surface area contributed by atoms with E-state index in [4.69, 9.17) is 14.8 Å². The minimum absolute atomic E-state index is 0.166. The standard InChI is InChI=1S/C37H29N5O/c1-26-34-35(28-16-13-21-31(24-28)43-30-19-9-4-10-20-30)41-33-23-12-11-22-32(33)40(25-27-14-5-2-6-15-27)37(41)38-36(34)42(39-26)29-17-7-3-8-18-29/h2-24,35H,25H2,1H3/t35-/m0/s1. The van der Waals surface area contributed by atoms with Gasteiger partial charge in [0.2, 0.25) is 5.96 Å². The summed E-state index contributed by atoms with van der Waals surface area (Å²) in [5.74, 6) is 3.32. The third-order valence-corrected chi connectivity index (χ3v) is 8.04. The summed E-state index contributed by atoms with van der Waals surface area (Å²) in [7, 11) is 0. The third-order valence-electron chi connectivity index (χ3n) is 8.04. The van der Waals surface area contributed by atoms with E-state index in [-0.39, 0.29) is 6.04 Å². The zero-order chi connectivity index (χ0) is 28.8. The van der Waals surface area contributed by atoms with E-state index in [1.54, 1.807) is 0 Å². The Balaban J connectivity index is 1.33. The second-order valence-corrected chi connectivity index (χ2v) is 10.8. The summed E-state index contributed by atoms with van der Waals surface area (Å²) < 4.78 is 8.29. The van der Waals surface area contributed by atoms with Crippen LogP contribution in [0.4, 0.5) is 17.2 Å². The van der Waals surface area contributed by atoms with Crippen LogP contribution in [0.3, 0.4) is 0 Å². The van der Waals surface area contributed by atoms with Gasteiger partial charge < -0.3 is 9.64 Å². The normalized spacial score (nSPS) is 15.0. The van der Waals surface area contributed by atoms with Crippen molar-refractivity contribution in [3.8, 4) is 17.2 Å². The summed E-state index contributed by atoms with van der Waals surface area (Å²) in [4.78, 5) is 10.1. The molecule has 0 unspecified atom stereocenters. The van der Waals surface area contributed by atoms with Crippen molar-refractivity contribution in [2.45, 2.75) is 19.5 Å². The van der Waals surface area contributed by atoms with Gasteiger partial charge in [0.25, 0.3) is 0 Å². The molecular weight excluding hydrogens is 530 g/mol. The molecule has 2 aliphatic rings. The second kappa shape index (κ2) is 10.3. The van der Waals surface area contributed by atoms with Crippen molar-refractivity contribution < 1.29 is 4.74 Å². The Morgan fingerprint density at radius 1 is 0.674 bits per heavy atom. The van der Waals surface area contributed by atoms with Crippen LogP contribution in [0, 0.1) is 6.92 Å². The molecule has 208 valence electrons. The van der Waals surface area contributed by atoms with E-state index < -0.39 is 0 Å². The number of hydrogen-bond donors (Lipinski definition) is 0. The highest BCUT2D eigenvalue weighted by molar-refractivity contribution is 6.18. The Bertz CT molecular complexity index is 1950. The maximum atomic E-state index is 6.30. The van der Waals surface area contributed by atoms with Gasteiger partial charge in [-0.25, -0.2) is 4.68 Å². The lowest BCUT2D eigenvalue weighted by atomic mass is 9.95. The summed E-state index contributed by atoms with van der Waals surface area (Å²) in [6, 6.07) is 47.5. The number of ether oxygens (including phenoxy) is 1. The fraction of sp³-hybridized carbons (Fsp3) is 0.0811. The topological polar surface area (TPSA) is 45.9 Å². The molecule has 0 saturated heterocycles. The molecule has 0 N–H and O–H groups in total. The van der Waals surface area contributed by atoms with Gasteiger partial charge in [-0.3, -0.25) is 4.90 Å². The van der Waals surface area contributed by atoms with Gasteiger partial charge in [-0.1, -0.05) is 91.0 Å². The molecule has 0 aliphatic carbocycles. The van der Waals surface area contributed by atoms with Crippen molar-refractivity contribution in [3.63, 3.8) is 0 Å².